The second-order valence-electron chi connectivity index (χ2n) is 16.8. The zero-order valence-corrected chi connectivity index (χ0v) is 34.4. The molecule has 63 heavy (non-hydrogen) atoms. The number of hydrogen-bond donors (Lipinski definition) is 2. The number of nitrogens with one attached hydrogen (secondary N) is 2. The van der Waals surface area contributed by atoms with Crippen molar-refractivity contribution in [2.24, 2.45) is 4.99 Å². The van der Waals surface area contributed by atoms with E-state index in [0.29, 0.717) is 0 Å². The van der Waals surface area contributed by atoms with Gasteiger partial charge in [-0.05, 0) is 75.3 Å². The van der Waals surface area contributed by atoms with Gasteiger partial charge >= 0.3 is 0 Å². The Hall–Kier alpha value is -7.99. The lowest BCUT2D eigenvalue weighted by atomic mass is 9.67. The summed E-state index contributed by atoms with van der Waals surface area (Å²) < 4.78 is 4.84. The summed E-state index contributed by atoms with van der Waals surface area (Å²) in [7, 11) is 0. The quantitative estimate of drug-likeness (QED) is 0.176. The van der Waals surface area contributed by atoms with Crippen LogP contribution >= 0.6 is 0 Å². The van der Waals surface area contributed by atoms with Gasteiger partial charge in [0.05, 0.1) is 27.5 Å². The predicted molar refractivity (Wildman–Crippen MR) is 259 cm³/mol. The zero-order valence-electron chi connectivity index (χ0n) is 34.4. The van der Waals surface area contributed by atoms with E-state index in [-0.39, 0.29) is 12.5 Å². The molecule has 13 rings (SSSR count). The monoisotopic (exact) mass is 807 g/mol. The average Bonchev–Trinajstić information content (AvgIpc) is 3.98. The SMILES string of the molecule is c1ccc(C2=NC(c3ccc4c5ccccc5n(-c5ccccc5)c4c3)NC(n3c4ccccc4c4ccc(C5(c6ccccc6)c6ccccc6-c6ccccc65)cc43)N2)cc1. The van der Waals surface area contributed by atoms with Gasteiger partial charge in [-0.15, -0.1) is 0 Å². The Kier molecular flexibility index (Phi) is 7.96. The van der Waals surface area contributed by atoms with Crippen LogP contribution < -0.4 is 10.6 Å². The Morgan fingerprint density at radius 3 is 1.71 bits per heavy atom. The standard InChI is InChI=1S/C58H41N5/c1-4-18-38(19-5-1)55-59-56(39-32-34-47-45-26-12-16-30-51(45)62(53(47)36-39)42-22-8-3-9-23-42)61-57(60-55)63-52-31-17-13-27-46(52)48-35-33-41(37-54(48)63)58(40-20-6-2-7-21-40)49-28-14-10-24-43(49)44-25-11-15-29-50(44)58/h1-37,56-57,61H,(H,59,60). The number of rotatable bonds is 6. The first-order chi connectivity index (χ1) is 31.3. The molecule has 2 N–H and O–H groups in total. The van der Waals surface area contributed by atoms with Gasteiger partial charge in [-0.3, -0.25) is 5.32 Å². The van der Waals surface area contributed by atoms with Gasteiger partial charge < -0.3 is 14.5 Å². The Bertz CT molecular complexity index is 3540. The summed E-state index contributed by atoms with van der Waals surface area (Å²) in [5.41, 5.74) is 15.0. The van der Waals surface area contributed by atoms with Crippen LogP contribution in [0.2, 0.25) is 0 Å². The summed E-state index contributed by atoms with van der Waals surface area (Å²) in [5.74, 6) is 0.842. The number of amidine groups is 1. The second kappa shape index (κ2) is 14.0. The fourth-order valence-corrected chi connectivity index (χ4v) is 10.8. The molecule has 3 heterocycles. The van der Waals surface area contributed by atoms with E-state index in [9.17, 15) is 0 Å². The molecule has 0 saturated heterocycles. The maximum Gasteiger partial charge on any atom is 0.162 e. The van der Waals surface area contributed by atoms with Crippen molar-refractivity contribution in [3.63, 3.8) is 0 Å². The van der Waals surface area contributed by atoms with Crippen LogP contribution in [0.15, 0.2) is 229 Å². The lowest BCUT2D eigenvalue weighted by molar-refractivity contribution is 0.329. The van der Waals surface area contributed by atoms with Crippen LogP contribution in [-0.4, -0.2) is 15.0 Å². The smallest absolute Gasteiger partial charge is 0.162 e. The third kappa shape index (κ3) is 5.30. The normalized spacial score (nSPS) is 16.5. The maximum absolute atomic E-state index is 5.46. The Balaban J connectivity index is 1.03. The molecule has 2 aromatic heterocycles. The van der Waals surface area contributed by atoms with Crippen molar-refractivity contribution in [2.45, 2.75) is 17.9 Å². The van der Waals surface area contributed by atoms with Crippen molar-refractivity contribution in [3.05, 3.63) is 258 Å². The van der Waals surface area contributed by atoms with Crippen LogP contribution in [0.1, 0.15) is 45.8 Å². The molecule has 0 amide bonds. The molecule has 298 valence electrons. The lowest BCUT2D eigenvalue weighted by Gasteiger charge is -2.35. The van der Waals surface area contributed by atoms with E-state index in [0.717, 1.165) is 39.2 Å². The van der Waals surface area contributed by atoms with Gasteiger partial charge in [-0.1, -0.05) is 188 Å². The van der Waals surface area contributed by atoms with E-state index in [1.54, 1.807) is 0 Å². The zero-order chi connectivity index (χ0) is 41.5. The topological polar surface area (TPSA) is 46.3 Å². The van der Waals surface area contributed by atoms with Crippen molar-refractivity contribution < 1.29 is 0 Å². The first kappa shape index (κ1) is 35.7. The van der Waals surface area contributed by atoms with Gasteiger partial charge in [-0.25, -0.2) is 4.99 Å². The minimum absolute atomic E-state index is 0.355. The van der Waals surface area contributed by atoms with Crippen molar-refractivity contribution in [3.8, 4) is 16.8 Å². The molecular weight excluding hydrogens is 767 g/mol. The molecular formula is C58H41N5. The van der Waals surface area contributed by atoms with Crippen LogP contribution in [0.4, 0.5) is 0 Å². The summed E-state index contributed by atoms with van der Waals surface area (Å²) >= 11 is 0. The predicted octanol–water partition coefficient (Wildman–Crippen LogP) is 13.0. The van der Waals surface area contributed by atoms with Crippen LogP contribution in [0.25, 0.3) is 60.4 Å². The maximum atomic E-state index is 5.46. The van der Waals surface area contributed by atoms with Crippen LogP contribution in [0, 0.1) is 0 Å². The first-order valence-corrected chi connectivity index (χ1v) is 21.8. The highest BCUT2D eigenvalue weighted by Crippen LogP contribution is 2.56. The molecule has 9 aromatic carbocycles. The summed E-state index contributed by atoms with van der Waals surface area (Å²) in [6.45, 7) is 0. The molecule has 2 atom stereocenters. The highest BCUT2D eigenvalue weighted by molar-refractivity contribution is 6.10. The highest BCUT2D eigenvalue weighted by atomic mass is 15.4. The summed E-state index contributed by atoms with van der Waals surface area (Å²) in [6.07, 6.45) is -0.714. The van der Waals surface area contributed by atoms with E-state index in [1.807, 2.05) is 0 Å². The van der Waals surface area contributed by atoms with Crippen molar-refractivity contribution >= 4 is 49.4 Å². The molecule has 2 aliphatic rings. The molecule has 0 saturated carbocycles. The largest absolute Gasteiger partial charge is 0.337 e. The molecule has 5 nitrogen and oxygen atoms in total. The van der Waals surface area contributed by atoms with E-state index in [1.165, 1.54) is 60.4 Å². The van der Waals surface area contributed by atoms with Gasteiger partial charge in [0.1, 0.15) is 12.0 Å². The van der Waals surface area contributed by atoms with Crippen molar-refractivity contribution in [2.75, 3.05) is 0 Å². The molecule has 0 fully saturated rings. The Morgan fingerprint density at radius 1 is 0.429 bits per heavy atom. The lowest BCUT2D eigenvalue weighted by Crippen LogP contribution is -2.47. The first-order valence-electron chi connectivity index (χ1n) is 21.8. The van der Waals surface area contributed by atoms with Gasteiger partial charge in [0.2, 0.25) is 0 Å². The number of aromatic nitrogens is 2. The third-order valence-corrected chi connectivity index (χ3v) is 13.5. The van der Waals surface area contributed by atoms with Crippen LogP contribution in [0.5, 0.6) is 0 Å². The second-order valence-corrected chi connectivity index (χ2v) is 16.8. The van der Waals surface area contributed by atoms with Crippen LogP contribution in [0.3, 0.4) is 0 Å². The third-order valence-electron chi connectivity index (χ3n) is 13.5. The molecule has 11 aromatic rings. The molecule has 1 aliphatic heterocycles. The number of hydrogen-bond acceptors (Lipinski definition) is 3. The minimum atomic E-state index is -0.525. The summed E-state index contributed by atoms with van der Waals surface area (Å²) in [5, 5.41) is 12.8. The number of fused-ring (bicyclic) bond motifs is 9. The molecule has 5 heteroatoms. The van der Waals surface area contributed by atoms with Gasteiger partial charge in [0, 0.05) is 32.8 Å². The highest BCUT2D eigenvalue weighted by Gasteiger charge is 2.46. The fourth-order valence-electron chi connectivity index (χ4n) is 10.8. The minimum Gasteiger partial charge on any atom is -0.337 e. The van der Waals surface area contributed by atoms with E-state index in [4.69, 9.17) is 4.99 Å². The van der Waals surface area contributed by atoms with E-state index >= 15 is 0 Å². The Labute approximate surface area is 365 Å². The molecule has 1 aliphatic carbocycles. The number of benzene rings is 9. The number of aliphatic imine (C=N–C) groups is 1. The summed E-state index contributed by atoms with van der Waals surface area (Å²) in [6, 6.07) is 81.7. The van der Waals surface area contributed by atoms with Crippen molar-refractivity contribution in [1.29, 1.82) is 0 Å². The molecule has 0 bridgehead atoms. The fraction of sp³-hybridized carbons (Fsp3) is 0.0517. The van der Waals surface area contributed by atoms with Gasteiger partial charge in [-0.2, -0.15) is 0 Å². The molecule has 2 unspecified atom stereocenters. The van der Waals surface area contributed by atoms with Gasteiger partial charge in [0.15, 0.2) is 6.29 Å². The number of nitrogens with zero attached hydrogens (tertiary/aromatic N) is 3. The van der Waals surface area contributed by atoms with Gasteiger partial charge in [0.25, 0.3) is 0 Å². The average molecular weight is 808 g/mol. The van der Waals surface area contributed by atoms with Crippen LogP contribution in [-0.2, 0) is 5.41 Å². The van der Waals surface area contributed by atoms with E-state index in [2.05, 4.69) is 244 Å². The van der Waals surface area contributed by atoms with Crippen molar-refractivity contribution in [1.82, 2.24) is 19.8 Å². The molecule has 0 radical (unpaired) electrons. The number of para-hydroxylation sites is 3. The Morgan fingerprint density at radius 2 is 0.984 bits per heavy atom. The molecule has 0 spiro atoms. The summed E-state index contributed by atoms with van der Waals surface area (Å²) in [4.78, 5) is 5.46. The van der Waals surface area contributed by atoms with E-state index < -0.39 is 5.41 Å².